The molecule has 234 valence electrons. The topological polar surface area (TPSA) is 92.8 Å². The summed E-state index contributed by atoms with van der Waals surface area (Å²) in [5.74, 6) is -0.195. The number of nitrogens with two attached hydrogens (primary N) is 3. The number of aryl methyl sites for hydroxylation is 4. The monoisotopic (exact) mass is 616 g/mol. The van der Waals surface area contributed by atoms with Crippen molar-refractivity contribution in [2.75, 3.05) is 6.54 Å². The standard InChI is InChI=1S/C13H18N2.C12H15FN2.C11H13ClN2/c1-9-4-5-13-12(6-9)11(7-10(2)14)8-15(13)3;1-8(14)5-9-7-15(2)12-4-3-10(13)6-11(9)12;1-14-7-8(4-5-13)10-6-9(12)2-3-11(10)14/h4-6,8,10H,7,14H2,1-3H3;3-4,6-8H,5,14H2,1-2H3;2-3,6-7H,4-5,13H2,1H3. The summed E-state index contributed by atoms with van der Waals surface area (Å²) in [6, 6.07) is 17.7. The maximum Gasteiger partial charge on any atom is 0.123 e. The van der Waals surface area contributed by atoms with Crippen molar-refractivity contribution in [3.05, 3.63) is 106 Å². The van der Waals surface area contributed by atoms with Crippen LogP contribution in [-0.2, 0) is 40.4 Å². The molecule has 0 saturated carbocycles. The number of benzene rings is 3. The Labute approximate surface area is 265 Å². The zero-order valence-corrected chi connectivity index (χ0v) is 27.5. The van der Waals surface area contributed by atoms with Gasteiger partial charge < -0.3 is 30.9 Å². The van der Waals surface area contributed by atoms with Crippen molar-refractivity contribution >= 4 is 44.3 Å². The molecule has 3 aromatic heterocycles. The van der Waals surface area contributed by atoms with Crippen LogP contribution in [0.5, 0.6) is 0 Å². The molecule has 2 unspecified atom stereocenters. The highest BCUT2D eigenvalue weighted by atomic mass is 35.5. The molecule has 3 aromatic carbocycles. The van der Waals surface area contributed by atoms with E-state index in [1.807, 2.05) is 50.0 Å². The van der Waals surface area contributed by atoms with E-state index >= 15 is 0 Å². The third-order valence-corrected chi connectivity index (χ3v) is 8.03. The van der Waals surface area contributed by atoms with Gasteiger partial charge in [0.25, 0.3) is 0 Å². The molecule has 0 aliphatic carbocycles. The van der Waals surface area contributed by atoms with Crippen LogP contribution < -0.4 is 17.2 Å². The highest BCUT2D eigenvalue weighted by Crippen LogP contribution is 2.25. The van der Waals surface area contributed by atoms with Crippen molar-refractivity contribution in [2.24, 2.45) is 38.3 Å². The molecule has 0 radical (unpaired) electrons. The Kier molecular flexibility index (Phi) is 10.9. The summed E-state index contributed by atoms with van der Waals surface area (Å²) in [6.45, 7) is 6.81. The van der Waals surface area contributed by atoms with Gasteiger partial charge in [0.1, 0.15) is 5.82 Å². The van der Waals surface area contributed by atoms with Crippen molar-refractivity contribution in [1.82, 2.24) is 13.7 Å². The van der Waals surface area contributed by atoms with Gasteiger partial charge in [-0.05, 0) is 112 Å². The van der Waals surface area contributed by atoms with Crippen molar-refractivity contribution < 1.29 is 4.39 Å². The first kappa shape index (κ1) is 33.3. The van der Waals surface area contributed by atoms with Gasteiger partial charge in [-0.3, -0.25) is 0 Å². The van der Waals surface area contributed by atoms with Gasteiger partial charge in [0, 0.05) is 89.5 Å². The molecule has 0 fully saturated rings. The summed E-state index contributed by atoms with van der Waals surface area (Å²) >= 11 is 5.96. The van der Waals surface area contributed by atoms with Gasteiger partial charge in [0.05, 0.1) is 0 Å². The Morgan fingerprint density at radius 2 is 1.14 bits per heavy atom. The fourth-order valence-corrected chi connectivity index (χ4v) is 6.03. The number of halogens is 2. The van der Waals surface area contributed by atoms with Gasteiger partial charge in [-0.25, -0.2) is 4.39 Å². The molecule has 2 atom stereocenters. The summed E-state index contributed by atoms with van der Waals surface area (Å²) in [4.78, 5) is 0. The Bertz CT molecular complexity index is 1770. The summed E-state index contributed by atoms with van der Waals surface area (Å²) in [5, 5.41) is 4.30. The second kappa shape index (κ2) is 14.4. The van der Waals surface area contributed by atoms with Gasteiger partial charge in [0.15, 0.2) is 0 Å². The van der Waals surface area contributed by atoms with E-state index < -0.39 is 0 Å². The number of hydrogen-bond donors (Lipinski definition) is 3. The average molecular weight is 617 g/mol. The van der Waals surface area contributed by atoms with Crippen LogP contribution in [0.15, 0.2) is 73.2 Å². The van der Waals surface area contributed by atoms with E-state index in [2.05, 4.69) is 60.6 Å². The lowest BCUT2D eigenvalue weighted by atomic mass is 10.1. The molecule has 0 aliphatic heterocycles. The molecule has 0 spiro atoms. The molecule has 44 heavy (non-hydrogen) atoms. The zero-order valence-electron chi connectivity index (χ0n) is 26.7. The molecule has 0 bridgehead atoms. The molecule has 0 aliphatic rings. The van der Waals surface area contributed by atoms with E-state index in [-0.39, 0.29) is 17.9 Å². The largest absolute Gasteiger partial charge is 0.350 e. The SMILES string of the molecule is CC(N)Cc1cn(C)c2ccc(F)cc12.Cc1ccc2c(c1)c(CC(C)N)cn2C.Cn1cc(CCN)c2cc(Cl)ccc21. The van der Waals surface area contributed by atoms with E-state index in [1.54, 1.807) is 12.1 Å². The highest BCUT2D eigenvalue weighted by Gasteiger charge is 2.10. The van der Waals surface area contributed by atoms with E-state index in [9.17, 15) is 4.39 Å². The molecule has 6 rings (SSSR count). The van der Waals surface area contributed by atoms with Crippen molar-refractivity contribution in [3.8, 4) is 0 Å². The van der Waals surface area contributed by atoms with Crippen LogP contribution in [0, 0.1) is 12.7 Å². The maximum absolute atomic E-state index is 13.1. The Morgan fingerprint density at radius 1 is 0.682 bits per heavy atom. The molecule has 6 nitrogen and oxygen atoms in total. The van der Waals surface area contributed by atoms with Crippen molar-refractivity contribution in [2.45, 2.75) is 52.1 Å². The second-order valence-corrected chi connectivity index (χ2v) is 12.5. The minimum absolute atomic E-state index is 0.0962. The van der Waals surface area contributed by atoms with Gasteiger partial charge >= 0.3 is 0 Å². The summed E-state index contributed by atoms with van der Waals surface area (Å²) in [5.41, 5.74) is 25.8. The maximum atomic E-state index is 13.1. The number of rotatable bonds is 6. The van der Waals surface area contributed by atoms with Crippen molar-refractivity contribution in [3.63, 3.8) is 0 Å². The summed E-state index contributed by atoms with van der Waals surface area (Å²) in [7, 11) is 6.09. The van der Waals surface area contributed by atoms with Gasteiger partial charge in [0.2, 0.25) is 0 Å². The fourth-order valence-electron chi connectivity index (χ4n) is 5.85. The third kappa shape index (κ3) is 7.90. The van der Waals surface area contributed by atoms with Gasteiger partial charge in [-0.15, -0.1) is 0 Å². The molecular weight excluding hydrogens is 571 g/mol. The Morgan fingerprint density at radius 3 is 1.66 bits per heavy atom. The van der Waals surface area contributed by atoms with Crippen LogP contribution in [0.2, 0.25) is 5.02 Å². The first-order valence-electron chi connectivity index (χ1n) is 15.1. The first-order chi connectivity index (χ1) is 20.9. The molecule has 6 N–H and O–H groups in total. The molecular formula is C36H46ClFN6. The lowest BCUT2D eigenvalue weighted by Gasteiger charge is -2.03. The van der Waals surface area contributed by atoms with Crippen LogP contribution in [0.25, 0.3) is 32.7 Å². The quantitative estimate of drug-likeness (QED) is 0.190. The smallest absolute Gasteiger partial charge is 0.123 e. The van der Waals surface area contributed by atoms with Crippen LogP contribution in [-0.4, -0.2) is 32.3 Å². The zero-order chi connectivity index (χ0) is 32.1. The second-order valence-electron chi connectivity index (χ2n) is 12.0. The summed E-state index contributed by atoms with van der Waals surface area (Å²) in [6.07, 6.45) is 8.95. The number of aromatic nitrogens is 3. The normalized spacial score (nSPS) is 12.6. The minimum Gasteiger partial charge on any atom is -0.350 e. The number of nitrogens with zero attached hydrogens (tertiary/aromatic N) is 3. The Hall–Kier alpha value is -3.62. The number of fused-ring (bicyclic) bond motifs is 3. The van der Waals surface area contributed by atoms with Gasteiger partial charge in [-0.2, -0.15) is 0 Å². The predicted octanol–water partition coefficient (Wildman–Crippen LogP) is 6.92. The van der Waals surface area contributed by atoms with E-state index in [0.29, 0.717) is 6.54 Å². The molecule has 8 heteroatoms. The van der Waals surface area contributed by atoms with Gasteiger partial charge in [-0.1, -0.05) is 23.2 Å². The van der Waals surface area contributed by atoms with E-state index in [4.69, 9.17) is 28.8 Å². The third-order valence-electron chi connectivity index (χ3n) is 7.79. The lowest BCUT2D eigenvalue weighted by molar-refractivity contribution is 0.629. The van der Waals surface area contributed by atoms with Crippen molar-refractivity contribution in [1.29, 1.82) is 0 Å². The highest BCUT2D eigenvalue weighted by molar-refractivity contribution is 6.31. The molecule has 3 heterocycles. The van der Waals surface area contributed by atoms with Crippen LogP contribution in [0.4, 0.5) is 4.39 Å². The average Bonchev–Trinajstić information content (AvgIpc) is 3.54. The summed E-state index contributed by atoms with van der Waals surface area (Å²) < 4.78 is 19.4. The predicted molar refractivity (Wildman–Crippen MR) is 186 cm³/mol. The lowest BCUT2D eigenvalue weighted by Crippen LogP contribution is -2.17. The molecule has 0 saturated heterocycles. The van der Waals surface area contributed by atoms with E-state index in [0.717, 1.165) is 40.8 Å². The molecule has 6 aromatic rings. The van der Waals surface area contributed by atoms with Crippen LogP contribution >= 0.6 is 11.6 Å². The Balaban J connectivity index is 0.000000151. The fraction of sp³-hybridized carbons (Fsp3) is 0.333. The number of hydrogen-bond acceptors (Lipinski definition) is 3. The van der Waals surface area contributed by atoms with E-state index in [1.165, 1.54) is 44.6 Å². The van der Waals surface area contributed by atoms with Crippen LogP contribution in [0.3, 0.4) is 0 Å². The minimum atomic E-state index is -0.195. The first-order valence-corrected chi connectivity index (χ1v) is 15.5. The van der Waals surface area contributed by atoms with Crippen LogP contribution in [0.1, 0.15) is 36.1 Å². The molecule has 0 amide bonds.